The second kappa shape index (κ2) is 4.47. The number of likely N-dealkylation sites (tertiary alicyclic amines) is 1. The third kappa shape index (κ3) is 2.58. The van der Waals surface area contributed by atoms with Crippen LogP contribution in [-0.2, 0) is 13.5 Å². The van der Waals surface area contributed by atoms with Crippen molar-refractivity contribution in [3.63, 3.8) is 0 Å². The van der Waals surface area contributed by atoms with E-state index in [2.05, 4.69) is 10.00 Å². The molecule has 0 aromatic carbocycles. The SMILES string of the molecule is Cn1cc(CCN2CCCCC2=N)cn1. The van der Waals surface area contributed by atoms with Gasteiger partial charge in [-0.2, -0.15) is 5.10 Å². The molecule has 0 unspecified atom stereocenters. The first-order chi connectivity index (χ1) is 7.25. The van der Waals surface area contributed by atoms with Gasteiger partial charge >= 0.3 is 0 Å². The quantitative estimate of drug-likeness (QED) is 0.813. The van der Waals surface area contributed by atoms with Gasteiger partial charge in [-0.25, -0.2) is 0 Å². The number of rotatable bonds is 3. The van der Waals surface area contributed by atoms with Crippen molar-refractivity contribution in [3.05, 3.63) is 18.0 Å². The van der Waals surface area contributed by atoms with Crippen LogP contribution in [0.15, 0.2) is 12.4 Å². The minimum Gasteiger partial charge on any atom is -0.360 e. The molecule has 0 bridgehead atoms. The summed E-state index contributed by atoms with van der Waals surface area (Å²) in [5.41, 5.74) is 1.26. The Hall–Kier alpha value is -1.32. The van der Waals surface area contributed by atoms with Crippen LogP contribution in [0.5, 0.6) is 0 Å². The Morgan fingerprint density at radius 3 is 3.00 bits per heavy atom. The number of amidine groups is 1. The molecule has 4 heteroatoms. The van der Waals surface area contributed by atoms with E-state index < -0.39 is 0 Å². The van der Waals surface area contributed by atoms with Gasteiger partial charge in [-0.3, -0.25) is 10.1 Å². The molecule has 0 radical (unpaired) electrons. The van der Waals surface area contributed by atoms with Gasteiger partial charge in [0, 0.05) is 32.8 Å². The second-order valence-electron chi connectivity index (χ2n) is 4.16. The smallest absolute Gasteiger partial charge is 0.0957 e. The predicted octanol–water partition coefficient (Wildman–Crippen LogP) is 1.43. The average Bonchev–Trinajstić information content (AvgIpc) is 2.63. The first kappa shape index (κ1) is 10.2. The standard InChI is InChI=1S/C11H18N4/c1-14-9-10(8-13-14)5-7-15-6-3-2-4-11(15)12/h8-9,12H,2-7H2,1H3. The summed E-state index contributed by atoms with van der Waals surface area (Å²) < 4.78 is 1.83. The molecular formula is C11H18N4. The van der Waals surface area contributed by atoms with Gasteiger partial charge in [-0.15, -0.1) is 0 Å². The number of nitrogens with one attached hydrogen (secondary N) is 1. The normalized spacial score (nSPS) is 17.1. The first-order valence-corrected chi connectivity index (χ1v) is 5.55. The number of hydrogen-bond acceptors (Lipinski definition) is 2. The zero-order valence-electron chi connectivity index (χ0n) is 9.24. The van der Waals surface area contributed by atoms with Crippen LogP contribution in [-0.4, -0.2) is 33.6 Å². The van der Waals surface area contributed by atoms with Crippen LogP contribution in [0, 0.1) is 5.41 Å². The molecule has 1 aliphatic rings. The lowest BCUT2D eigenvalue weighted by atomic mass is 10.1. The van der Waals surface area contributed by atoms with E-state index in [4.69, 9.17) is 5.41 Å². The molecule has 2 rings (SSSR count). The lowest BCUT2D eigenvalue weighted by Gasteiger charge is -2.29. The molecule has 82 valence electrons. The summed E-state index contributed by atoms with van der Waals surface area (Å²) in [7, 11) is 1.94. The number of hydrogen-bond donors (Lipinski definition) is 1. The molecule has 1 aliphatic heterocycles. The van der Waals surface area contributed by atoms with Gasteiger partial charge in [0.2, 0.25) is 0 Å². The van der Waals surface area contributed by atoms with E-state index in [-0.39, 0.29) is 0 Å². The second-order valence-corrected chi connectivity index (χ2v) is 4.16. The number of nitrogens with zero attached hydrogens (tertiary/aromatic N) is 3. The van der Waals surface area contributed by atoms with Crippen molar-refractivity contribution in [2.45, 2.75) is 25.7 Å². The van der Waals surface area contributed by atoms with Crippen LogP contribution in [0.2, 0.25) is 0 Å². The molecular weight excluding hydrogens is 188 g/mol. The van der Waals surface area contributed by atoms with Gasteiger partial charge in [0.25, 0.3) is 0 Å². The highest BCUT2D eigenvalue weighted by Gasteiger charge is 2.14. The fourth-order valence-corrected chi connectivity index (χ4v) is 2.00. The van der Waals surface area contributed by atoms with Gasteiger partial charge < -0.3 is 4.90 Å². The third-order valence-corrected chi connectivity index (χ3v) is 2.90. The van der Waals surface area contributed by atoms with Crippen molar-refractivity contribution >= 4 is 5.84 Å². The van der Waals surface area contributed by atoms with E-state index in [0.717, 1.165) is 31.8 Å². The molecule has 0 atom stereocenters. The maximum atomic E-state index is 7.82. The zero-order chi connectivity index (χ0) is 10.7. The van der Waals surface area contributed by atoms with Crippen molar-refractivity contribution in [1.29, 1.82) is 5.41 Å². The van der Waals surface area contributed by atoms with E-state index >= 15 is 0 Å². The topological polar surface area (TPSA) is 44.9 Å². The average molecular weight is 206 g/mol. The molecule has 1 saturated heterocycles. The zero-order valence-corrected chi connectivity index (χ0v) is 9.24. The van der Waals surface area contributed by atoms with Gasteiger partial charge in [-0.05, 0) is 24.8 Å². The Labute approximate surface area is 90.4 Å². The summed E-state index contributed by atoms with van der Waals surface area (Å²) >= 11 is 0. The van der Waals surface area contributed by atoms with Crippen LogP contribution in [0.1, 0.15) is 24.8 Å². The minimum atomic E-state index is 0.810. The maximum absolute atomic E-state index is 7.82. The Balaban J connectivity index is 1.84. The molecule has 1 fully saturated rings. The van der Waals surface area contributed by atoms with Crippen LogP contribution in [0.3, 0.4) is 0 Å². The Kier molecular flexibility index (Phi) is 3.04. The predicted molar refractivity (Wildman–Crippen MR) is 60.1 cm³/mol. The first-order valence-electron chi connectivity index (χ1n) is 5.55. The van der Waals surface area contributed by atoms with Crippen molar-refractivity contribution < 1.29 is 0 Å². The molecule has 2 heterocycles. The molecule has 4 nitrogen and oxygen atoms in total. The van der Waals surface area contributed by atoms with Crippen molar-refractivity contribution in [2.75, 3.05) is 13.1 Å². The highest BCUT2D eigenvalue weighted by atomic mass is 15.2. The van der Waals surface area contributed by atoms with Gasteiger partial charge in [0.1, 0.15) is 0 Å². The minimum absolute atomic E-state index is 0.810. The van der Waals surface area contributed by atoms with Crippen LogP contribution >= 0.6 is 0 Å². The fourth-order valence-electron chi connectivity index (χ4n) is 2.00. The summed E-state index contributed by atoms with van der Waals surface area (Å²) in [4.78, 5) is 2.19. The van der Waals surface area contributed by atoms with Crippen molar-refractivity contribution in [2.24, 2.45) is 7.05 Å². The number of aryl methyl sites for hydroxylation is 1. The van der Waals surface area contributed by atoms with E-state index in [1.54, 1.807) is 0 Å². The van der Waals surface area contributed by atoms with Gasteiger partial charge in [0.05, 0.1) is 12.0 Å². The molecule has 1 aromatic heterocycles. The summed E-state index contributed by atoms with van der Waals surface area (Å²) in [5, 5.41) is 12.0. The van der Waals surface area contributed by atoms with E-state index in [1.807, 2.05) is 24.1 Å². The summed E-state index contributed by atoms with van der Waals surface area (Å²) in [6.45, 7) is 2.02. The van der Waals surface area contributed by atoms with Gasteiger partial charge in [0.15, 0.2) is 0 Å². The summed E-state index contributed by atoms with van der Waals surface area (Å²) in [6, 6.07) is 0. The van der Waals surface area contributed by atoms with E-state index in [9.17, 15) is 0 Å². The molecule has 0 aliphatic carbocycles. The Bertz CT molecular complexity index is 342. The maximum Gasteiger partial charge on any atom is 0.0957 e. The third-order valence-electron chi connectivity index (χ3n) is 2.90. The molecule has 0 saturated carbocycles. The molecule has 0 amide bonds. The highest BCUT2D eigenvalue weighted by Crippen LogP contribution is 2.11. The molecule has 1 N–H and O–H groups in total. The molecule has 0 spiro atoms. The largest absolute Gasteiger partial charge is 0.360 e. The van der Waals surface area contributed by atoms with Crippen LogP contribution < -0.4 is 0 Å². The lowest BCUT2D eigenvalue weighted by molar-refractivity contribution is 0.370. The van der Waals surface area contributed by atoms with Crippen LogP contribution in [0.25, 0.3) is 0 Å². The molecule has 15 heavy (non-hydrogen) atoms. The van der Waals surface area contributed by atoms with Crippen molar-refractivity contribution in [3.8, 4) is 0 Å². The lowest BCUT2D eigenvalue weighted by Crippen LogP contribution is -2.36. The van der Waals surface area contributed by atoms with E-state index in [1.165, 1.54) is 18.4 Å². The number of piperidine rings is 1. The number of aromatic nitrogens is 2. The fraction of sp³-hybridized carbons (Fsp3) is 0.636. The van der Waals surface area contributed by atoms with Crippen molar-refractivity contribution in [1.82, 2.24) is 14.7 Å². The Morgan fingerprint density at radius 2 is 2.33 bits per heavy atom. The van der Waals surface area contributed by atoms with Gasteiger partial charge in [-0.1, -0.05) is 0 Å². The van der Waals surface area contributed by atoms with Crippen LogP contribution in [0.4, 0.5) is 0 Å². The molecule has 1 aromatic rings. The van der Waals surface area contributed by atoms with E-state index in [0.29, 0.717) is 0 Å². The summed E-state index contributed by atoms with van der Waals surface area (Å²) in [6.07, 6.45) is 8.32. The monoisotopic (exact) mass is 206 g/mol. The Morgan fingerprint density at radius 1 is 1.47 bits per heavy atom. The summed E-state index contributed by atoms with van der Waals surface area (Å²) in [5.74, 6) is 0.810. The highest BCUT2D eigenvalue weighted by molar-refractivity contribution is 5.79.